The molecule has 1 unspecified atom stereocenters. The van der Waals surface area contributed by atoms with Gasteiger partial charge in [-0.3, -0.25) is 4.68 Å². The van der Waals surface area contributed by atoms with Crippen LogP contribution in [-0.4, -0.2) is 14.8 Å². The molecule has 2 aromatic carbocycles. The number of alkyl halides is 3. The Morgan fingerprint density at radius 1 is 1.11 bits per heavy atom. The summed E-state index contributed by atoms with van der Waals surface area (Å²) in [5.74, 6) is 0.173. The summed E-state index contributed by atoms with van der Waals surface area (Å²) < 4.78 is 48.2. The van der Waals surface area contributed by atoms with Crippen molar-refractivity contribution in [3.05, 3.63) is 71.3 Å². The van der Waals surface area contributed by atoms with Crippen molar-refractivity contribution in [1.82, 2.24) is 14.8 Å². The first-order chi connectivity index (χ1) is 12.9. The Morgan fingerprint density at radius 2 is 1.81 bits per heavy atom. The highest BCUT2D eigenvalue weighted by atomic mass is 35.5. The molecule has 8 heteroatoms. The fraction of sp³-hybridized carbons (Fsp3) is 0.263. The molecule has 3 aromatic rings. The minimum atomic E-state index is -4.50. The monoisotopic (exact) mass is 395 g/mol. The third kappa shape index (κ3) is 4.80. The zero-order valence-electron chi connectivity index (χ0n) is 14.4. The van der Waals surface area contributed by atoms with E-state index in [1.54, 1.807) is 30.3 Å². The molecule has 3 rings (SSSR count). The number of halogens is 4. The number of aromatic nitrogens is 3. The third-order valence-electron chi connectivity index (χ3n) is 4.19. The summed E-state index contributed by atoms with van der Waals surface area (Å²) in [7, 11) is 0. The van der Waals surface area contributed by atoms with Crippen LogP contribution in [0, 0.1) is 0 Å². The summed E-state index contributed by atoms with van der Waals surface area (Å²) in [6.45, 7) is 2.16. The number of hydrogen-bond acceptors (Lipinski definition) is 3. The second-order valence-electron chi connectivity index (χ2n) is 6.03. The van der Waals surface area contributed by atoms with Gasteiger partial charge >= 0.3 is 6.18 Å². The molecule has 0 radical (unpaired) electrons. The lowest BCUT2D eigenvalue weighted by atomic mass is 9.91. The van der Waals surface area contributed by atoms with E-state index in [0.717, 1.165) is 6.07 Å². The van der Waals surface area contributed by atoms with Crippen molar-refractivity contribution in [3.63, 3.8) is 0 Å². The van der Waals surface area contributed by atoms with Gasteiger partial charge in [0.05, 0.1) is 5.56 Å². The number of benzene rings is 2. The maximum Gasteiger partial charge on any atom is 0.416 e. The van der Waals surface area contributed by atoms with Gasteiger partial charge in [-0.2, -0.15) is 18.3 Å². The van der Waals surface area contributed by atoms with Gasteiger partial charge in [-0.25, -0.2) is 4.98 Å². The molecule has 0 fully saturated rings. The highest BCUT2D eigenvalue weighted by Gasteiger charge is 2.35. The van der Waals surface area contributed by atoms with Crippen LogP contribution >= 0.6 is 11.6 Å². The first-order valence-corrected chi connectivity index (χ1v) is 8.71. The van der Waals surface area contributed by atoms with Crippen molar-refractivity contribution in [2.75, 3.05) is 0 Å². The molecule has 0 aliphatic heterocycles. The van der Waals surface area contributed by atoms with E-state index in [1.165, 1.54) is 23.4 Å². The van der Waals surface area contributed by atoms with Crippen LogP contribution in [0.3, 0.4) is 0 Å². The van der Waals surface area contributed by atoms with E-state index >= 15 is 0 Å². The van der Waals surface area contributed by atoms with Gasteiger partial charge in [0.25, 0.3) is 0 Å². The van der Waals surface area contributed by atoms with Crippen LogP contribution in [0.25, 0.3) is 0 Å². The topological polar surface area (TPSA) is 39.9 Å². The molecule has 0 bridgehead atoms. The van der Waals surface area contributed by atoms with Crippen LogP contribution in [0.1, 0.15) is 30.4 Å². The maximum absolute atomic E-state index is 13.7. The molecular formula is C19H17ClF3N3O. The Hall–Kier alpha value is -2.54. The number of rotatable bonds is 6. The minimum absolute atomic E-state index is 0.115. The first kappa shape index (κ1) is 19.2. The lowest BCUT2D eigenvalue weighted by molar-refractivity contribution is -0.138. The number of ether oxygens (including phenoxy) is 1. The second kappa shape index (κ2) is 8.00. The summed E-state index contributed by atoms with van der Waals surface area (Å²) in [5, 5.41) is 4.51. The van der Waals surface area contributed by atoms with E-state index in [9.17, 15) is 13.2 Å². The van der Waals surface area contributed by atoms with Crippen LogP contribution in [0.15, 0.2) is 55.1 Å². The van der Waals surface area contributed by atoms with E-state index < -0.39 is 11.7 Å². The van der Waals surface area contributed by atoms with E-state index in [2.05, 4.69) is 10.1 Å². The molecule has 1 atom stereocenters. The van der Waals surface area contributed by atoms with Crippen molar-refractivity contribution < 1.29 is 17.9 Å². The van der Waals surface area contributed by atoms with E-state index in [-0.39, 0.29) is 17.2 Å². The lowest BCUT2D eigenvalue weighted by Crippen LogP contribution is -2.16. The normalized spacial score (nSPS) is 12.8. The van der Waals surface area contributed by atoms with Crippen molar-refractivity contribution in [2.45, 2.75) is 32.0 Å². The average molecular weight is 396 g/mol. The molecule has 27 heavy (non-hydrogen) atoms. The standard InChI is InChI=1S/C19H17ClF3N3O/c1-2-13(10-26-12-24-11-25-26)17-8-7-16(9-18(17)19(21,22)23)27-15-5-3-14(20)4-6-15/h3-9,11-13H,2,10H2,1H3. The number of hydrogen-bond donors (Lipinski definition) is 0. The largest absolute Gasteiger partial charge is 0.457 e. The Balaban J connectivity index is 1.92. The average Bonchev–Trinajstić information content (AvgIpc) is 3.14. The fourth-order valence-corrected chi connectivity index (χ4v) is 2.97. The van der Waals surface area contributed by atoms with Crippen molar-refractivity contribution in [2.24, 2.45) is 0 Å². The molecule has 0 saturated heterocycles. The SMILES string of the molecule is CCC(Cn1cncn1)c1ccc(Oc2ccc(Cl)cc2)cc1C(F)(F)F. The van der Waals surface area contributed by atoms with Gasteiger partial charge in [0.15, 0.2) is 0 Å². The zero-order valence-corrected chi connectivity index (χ0v) is 15.2. The molecule has 0 spiro atoms. The van der Waals surface area contributed by atoms with Crippen LogP contribution in [0.4, 0.5) is 13.2 Å². The van der Waals surface area contributed by atoms with Crippen LogP contribution in [0.2, 0.25) is 5.02 Å². The van der Waals surface area contributed by atoms with Gasteiger partial charge in [-0.15, -0.1) is 0 Å². The van der Waals surface area contributed by atoms with E-state index in [1.807, 2.05) is 6.92 Å². The Kier molecular flexibility index (Phi) is 5.70. The Bertz CT molecular complexity index is 880. The summed E-state index contributed by atoms with van der Waals surface area (Å²) in [6, 6.07) is 10.5. The zero-order chi connectivity index (χ0) is 19.4. The van der Waals surface area contributed by atoms with E-state index in [0.29, 0.717) is 23.7 Å². The van der Waals surface area contributed by atoms with Gasteiger partial charge in [-0.05, 0) is 48.4 Å². The predicted octanol–water partition coefficient (Wildman–Crippen LogP) is 5.94. The Labute approximate surface area is 159 Å². The highest BCUT2D eigenvalue weighted by Crippen LogP contribution is 2.39. The summed E-state index contributed by atoms with van der Waals surface area (Å²) in [5.41, 5.74) is -0.495. The molecule has 1 aromatic heterocycles. The van der Waals surface area contributed by atoms with Crippen LogP contribution in [-0.2, 0) is 12.7 Å². The van der Waals surface area contributed by atoms with Gasteiger partial charge in [0.1, 0.15) is 24.2 Å². The molecule has 0 N–H and O–H groups in total. The summed E-state index contributed by atoms with van der Waals surface area (Å²) in [6.07, 6.45) is -1.11. The quantitative estimate of drug-likeness (QED) is 0.518. The predicted molar refractivity (Wildman–Crippen MR) is 96.0 cm³/mol. The smallest absolute Gasteiger partial charge is 0.416 e. The van der Waals surface area contributed by atoms with Crippen LogP contribution < -0.4 is 4.74 Å². The van der Waals surface area contributed by atoms with Crippen LogP contribution in [0.5, 0.6) is 11.5 Å². The first-order valence-electron chi connectivity index (χ1n) is 8.33. The molecule has 4 nitrogen and oxygen atoms in total. The molecule has 0 saturated carbocycles. The summed E-state index contributed by atoms with van der Waals surface area (Å²) >= 11 is 5.81. The second-order valence-corrected chi connectivity index (χ2v) is 6.46. The summed E-state index contributed by atoms with van der Waals surface area (Å²) in [4.78, 5) is 3.84. The minimum Gasteiger partial charge on any atom is -0.457 e. The maximum atomic E-state index is 13.7. The highest BCUT2D eigenvalue weighted by molar-refractivity contribution is 6.30. The molecule has 0 aliphatic rings. The van der Waals surface area contributed by atoms with Gasteiger partial charge < -0.3 is 4.74 Å². The van der Waals surface area contributed by atoms with Gasteiger partial charge in [0.2, 0.25) is 0 Å². The molecule has 1 heterocycles. The van der Waals surface area contributed by atoms with Crippen molar-refractivity contribution >= 4 is 11.6 Å². The molecule has 0 amide bonds. The van der Waals surface area contributed by atoms with Gasteiger partial charge in [0, 0.05) is 17.5 Å². The van der Waals surface area contributed by atoms with E-state index in [4.69, 9.17) is 16.3 Å². The lowest BCUT2D eigenvalue weighted by Gasteiger charge is -2.21. The molecular weight excluding hydrogens is 379 g/mol. The third-order valence-corrected chi connectivity index (χ3v) is 4.44. The molecule has 142 valence electrons. The van der Waals surface area contributed by atoms with Gasteiger partial charge in [-0.1, -0.05) is 24.6 Å². The van der Waals surface area contributed by atoms with Crippen molar-refractivity contribution in [1.29, 1.82) is 0 Å². The molecule has 0 aliphatic carbocycles. The Morgan fingerprint density at radius 3 is 2.41 bits per heavy atom. The fourth-order valence-electron chi connectivity index (χ4n) is 2.84. The number of nitrogens with zero attached hydrogens (tertiary/aromatic N) is 3. The van der Waals surface area contributed by atoms with Crippen molar-refractivity contribution in [3.8, 4) is 11.5 Å².